The molecule has 2 saturated carbocycles. The molecule has 0 unspecified atom stereocenters. The first-order chi connectivity index (χ1) is 7.86. The molecule has 0 aliphatic heterocycles. The van der Waals surface area contributed by atoms with Gasteiger partial charge in [-0.05, 0) is 38.0 Å². The minimum atomic E-state index is -4.09. The fourth-order valence-corrected chi connectivity index (χ4v) is 2.20. The second-order valence-electron chi connectivity index (χ2n) is 5.20. The highest BCUT2D eigenvalue weighted by Gasteiger charge is 2.48. The summed E-state index contributed by atoms with van der Waals surface area (Å²) in [6, 6.07) is -0.410. The molecule has 0 saturated heterocycles. The Hall–Kier alpha value is -0.780. The van der Waals surface area contributed by atoms with E-state index in [0.29, 0.717) is 6.42 Å². The van der Waals surface area contributed by atoms with Crippen molar-refractivity contribution in [2.24, 2.45) is 17.6 Å². The minimum absolute atomic E-state index is 0.0541. The maximum Gasteiger partial charge on any atom is 0.391 e. The van der Waals surface area contributed by atoms with Gasteiger partial charge in [0.1, 0.15) is 0 Å². The SMILES string of the molecule is N[C@@H](CC1CC(C(F)(F)F)C1)C(=O)NC1CC1. The van der Waals surface area contributed by atoms with Crippen molar-refractivity contribution in [1.82, 2.24) is 5.32 Å². The predicted molar refractivity (Wildman–Crippen MR) is 56.0 cm³/mol. The Morgan fingerprint density at radius 3 is 2.41 bits per heavy atom. The third-order valence-corrected chi connectivity index (χ3v) is 3.55. The average molecular weight is 250 g/mol. The number of amides is 1. The van der Waals surface area contributed by atoms with Crippen LogP contribution >= 0.6 is 0 Å². The van der Waals surface area contributed by atoms with Crippen LogP contribution < -0.4 is 11.1 Å². The van der Waals surface area contributed by atoms with Crippen molar-refractivity contribution in [2.75, 3.05) is 0 Å². The molecule has 0 radical (unpaired) electrons. The largest absolute Gasteiger partial charge is 0.391 e. The van der Waals surface area contributed by atoms with Crippen molar-refractivity contribution in [3.8, 4) is 0 Å². The van der Waals surface area contributed by atoms with Crippen LogP contribution in [-0.4, -0.2) is 24.2 Å². The van der Waals surface area contributed by atoms with Gasteiger partial charge in [0.25, 0.3) is 0 Å². The monoisotopic (exact) mass is 250 g/mol. The Kier molecular flexibility index (Phi) is 3.34. The predicted octanol–water partition coefficient (Wildman–Crippen LogP) is 1.57. The van der Waals surface area contributed by atoms with Crippen molar-refractivity contribution < 1.29 is 18.0 Å². The molecule has 98 valence electrons. The third kappa shape index (κ3) is 3.34. The molecule has 17 heavy (non-hydrogen) atoms. The summed E-state index contributed by atoms with van der Waals surface area (Å²) in [4.78, 5) is 11.5. The molecule has 0 aromatic rings. The van der Waals surface area contributed by atoms with Gasteiger partial charge in [0, 0.05) is 6.04 Å². The van der Waals surface area contributed by atoms with E-state index >= 15 is 0 Å². The highest BCUT2D eigenvalue weighted by atomic mass is 19.4. The lowest BCUT2D eigenvalue weighted by atomic mass is 9.71. The second kappa shape index (κ2) is 4.48. The zero-order valence-electron chi connectivity index (χ0n) is 9.46. The standard InChI is InChI=1S/C11H17F3N2O/c12-11(13,14)7-3-6(4-7)5-9(15)10(17)16-8-1-2-8/h6-9H,1-5,15H2,(H,16,17)/t6?,7?,9-/m0/s1. The number of nitrogens with two attached hydrogens (primary N) is 1. The zero-order valence-corrected chi connectivity index (χ0v) is 9.46. The fraction of sp³-hybridized carbons (Fsp3) is 0.909. The molecule has 3 N–H and O–H groups in total. The molecule has 3 nitrogen and oxygen atoms in total. The van der Waals surface area contributed by atoms with Crippen LogP contribution in [0.3, 0.4) is 0 Å². The molecule has 2 aliphatic rings. The normalized spacial score (nSPS) is 30.6. The van der Waals surface area contributed by atoms with E-state index in [1.807, 2.05) is 0 Å². The van der Waals surface area contributed by atoms with Gasteiger partial charge in [-0.2, -0.15) is 13.2 Å². The Bertz CT molecular complexity index is 296. The highest BCUT2D eigenvalue weighted by molar-refractivity contribution is 5.82. The van der Waals surface area contributed by atoms with E-state index in [9.17, 15) is 18.0 Å². The van der Waals surface area contributed by atoms with E-state index < -0.39 is 18.1 Å². The molecule has 0 bridgehead atoms. The number of hydrogen-bond acceptors (Lipinski definition) is 2. The van der Waals surface area contributed by atoms with Crippen molar-refractivity contribution in [1.29, 1.82) is 0 Å². The third-order valence-electron chi connectivity index (χ3n) is 3.55. The Balaban J connectivity index is 1.66. The molecule has 2 rings (SSSR count). The quantitative estimate of drug-likeness (QED) is 0.795. The van der Waals surface area contributed by atoms with Gasteiger partial charge in [-0.1, -0.05) is 0 Å². The number of alkyl halides is 3. The van der Waals surface area contributed by atoms with Gasteiger partial charge in [0.05, 0.1) is 12.0 Å². The van der Waals surface area contributed by atoms with E-state index in [1.54, 1.807) is 0 Å². The maximum atomic E-state index is 12.2. The molecule has 6 heteroatoms. The lowest BCUT2D eigenvalue weighted by Crippen LogP contribution is -2.45. The van der Waals surface area contributed by atoms with Crippen LogP contribution in [0, 0.1) is 11.8 Å². The summed E-state index contributed by atoms with van der Waals surface area (Å²) in [6.07, 6.45) is -1.51. The summed E-state index contributed by atoms with van der Waals surface area (Å²) in [5, 5.41) is 2.76. The van der Waals surface area contributed by atoms with E-state index in [2.05, 4.69) is 5.32 Å². The molecular weight excluding hydrogens is 233 g/mol. The van der Waals surface area contributed by atoms with Crippen LogP contribution in [0.25, 0.3) is 0 Å². The molecule has 0 spiro atoms. The average Bonchev–Trinajstić information content (AvgIpc) is 2.91. The van der Waals surface area contributed by atoms with Crippen LogP contribution in [0.2, 0.25) is 0 Å². The lowest BCUT2D eigenvalue weighted by molar-refractivity contribution is -0.205. The van der Waals surface area contributed by atoms with E-state index in [-0.39, 0.29) is 30.7 Å². The van der Waals surface area contributed by atoms with Gasteiger partial charge in [-0.15, -0.1) is 0 Å². The molecule has 0 aromatic carbocycles. The first kappa shape index (κ1) is 12.7. The van der Waals surface area contributed by atoms with Gasteiger partial charge < -0.3 is 11.1 Å². The minimum Gasteiger partial charge on any atom is -0.352 e. The van der Waals surface area contributed by atoms with E-state index in [1.165, 1.54) is 0 Å². The van der Waals surface area contributed by atoms with Crippen molar-refractivity contribution in [3.05, 3.63) is 0 Å². The van der Waals surface area contributed by atoms with Crippen LogP contribution in [0.1, 0.15) is 32.1 Å². The molecule has 1 atom stereocenters. The van der Waals surface area contributed by atoms with Gasteiger partial charge in [-0.25, -0.2) is 0 Å². The van der Waals surface area contributed by atoms with Crippen LogP contribution in [0.5, 0.6) is 0 Å². The number of hydrogen-bond donors (Lipinski definition) is 2. The summed E-state index contributed by atoms with van der Waals surface area (Å²) in [6.45, 7) is 0. The van der Waals surface area contributed by atoms with Crippen molar-refractivity contribution in [2.45, 2.75) is 50.4 Å². The number of rotatable bonds is 4. The van der Waals surface area contributed by atoms with Gasteiger partial charge >= 0.3 is 6.18 Å². The van der Waals surface area contributed by atoms with Crippen LogP contribution in [0.4, 0.5) is 13.2 Å². The number of carbonyl (C=O) groups is 1. The first-order valence-electron chi connectivity index (χ1n) is 5.99. The highest BCUT2D eigenvalue weighted by Crippen LogP contribution is 2.46. The topological polar surface area (TPSA) is 55.1 Å². The van der Waals surface area contributed by atoms with E-state index in [0.717, 1.165) is 12.8 Å². The summed E-state index contributed by atoms with van der Waals surface area (Å²) in [5.41, 5.74) is 5.66. The van der Waals surface area contributed by atoms with Gasteiger partial charge in [0.15, 0.2) is 0 Å². The fourth-order valence-electron chi connectivity index (χ4n) is 2.20. The smallest absolute Gasteiger partial charge is 0.352 e. The molecule has 0 aromatic heterocycles. The Morgan fingerprint density at radius 1 is 1.35 bits per heavy atom. The van der Waals surface area contributed by atoms with Crippen LogP contribution in [0.15, 0.2) is 0 Å². The second-order valence-corrected chi connectivity index (χ2v) is 5.20. The molecular formula is C11H17F3N2O. The Labute approximate surface area is 97.9 Å². The number of carbonyl (C=O) groups excluding carboxylic acids is 1. The first-order valence-corrected chi connectivity index (χ1v) is 5.99. The zero-order chi connectivity index (χ0) is 12.6. The maximum absolute atomic E-state index is 12.2. The van der Waals surface area contributed by atoms with Gasteiger partial charge in [-0.3, -0.25) is 4.79 Å². The summed E-state index contributed by atoms with van der Waals surface area (Å²) >= 11 is 0. The summed E-state index contributed by atoms with van der Waals surface area (Å²) in [5.74, 6) is -1.46. The summed E-state index contributed by atoms with van der Waals surface area (Å²) in [7, 11) is 0. The number of nitrogens with one attached hydrogen (secondary N) is 1. The Morgan fingerprint density at radius 2 is 1.94 bits per heavy atom. The molecule has 1 amide bonds. The molecule has 2 aliphatic carbocycles. The molecule has 0 heterocycles. The van der Waals surface area contributed by atoms with Crippen molar-refractivity contribution >= 4 is 5.91 Å². The van der Waals surface area contributed by atoms with Crippen LogP contribution in [-0.2, 0) is 4.79 Å². The molecule has 2 fully saturated rings. The van der Waals surface area contributed by atoms with E-state index in [4.69, 9.17) is 5.73 Å². The number of halogens is 3. The lowest BCUT2D eigenvalue weighted by Gasteiger charge is -2.37. The summed E-state index contributed by atoms with van der Waals surface area (Å²) < 4.78 is 36.7. The van der Waals surface area contributed by atoms with Gasteiger partial charge in [0.2, 0.25) is 5.91 Å². The van der Waals surface area contributed by atoms with Crippen molar-refractivity contribution in [3.63, 3.8) is 0 Å².